The Balaban J connectivity index is 1.57. The van der Waals surface area contributed by atoms with Crippen LogP contribution in [0.4, 0.5) is 4.79 Å². The van der Waals surface area contributed by atoms with Gasteiger partial charge in [-0.25, -0.2) is 4.79 Å². The number of piperazine rings is 1. The Morgan fingerprint density at radius 2 is 1.84 bits per heavy atom. The smallest absolute Gasteiger partial charge is 0.325 e. The van der Waals surface area contributed by atoms with Crippen molar-refractivity contribution in [1.29, 1.82) is 0 Å². The molecule has 3 saturated heterocycles. The van der Waals surface area contributed by atoms with E-state index in [0.29, 0.717) is 32.0 Å². The minimum atomic E-state index is -0.842. The number of imide groups is 1. The van der Waals surface area contributed by atoms with Crippen molar-refractivity contribution in [2.45, 2.75) is 44.7 Å². The summed E-state index contributed by atoms with van der Waals surface area (Å²) in [6.45, 7) is 8.99. The Morgan fingerprint density at radius 1 is 1.16 bits per heavy atom. The molecule has 140 valence electrons. The van der Waals surface area contributed by atoms with Crippen LogP contribution >= 0.6 is 0 Å². The molecule has 0 saturated carbocycles. The molecule has 3 fully saturated rings. The Morgan fingerprint density at radius 3 is 2.44 bits per heavy atom. The zero-order valence-electron chi connectivity index (χ0n) is 15.2. The maximum atomic E-state index is 12.6. The summed E-state index contributed by atoms with van der Waals surface area (Å²) < 4.78 is 0. The van der Waals surface area contributed by atoms with Gasteiger partial charge in [-0.15, -0.1) is 0 Å². The van der Waals surface area contributed by atoms with Crippen molar-refractivity contribution >= 4 is 17.8 Å². The third-order valence-electron chi connectivity index (χ3n) is 5.93. The zero-order chi connectivity index (χ0) is 18.0. The number of nitrogens with zero attached hydrogens (tertiary/aromatic N) is 3. The maximum absolute atomic E-state index is 12.6. The van der Waals surface area contributed by atoms with E-state index in [4.69, 9.17) is 0 Å². The molecule has 0 aliphatic carbocycles. The molecule has 0 aromatic heterocycles. The fraction of sp³-hybridized carbons (Fsp3) is 0.824. The topological polar surface area (TPSA) is 85.0 Å². The highest BCUT2D eigenvalue weighted by Gasteiger charge is 2.49. The van der Waals surface area contributed by atoms with Gasteiger partial charge in [-0.2, -0.15) is 0 Å². The zero-order valence-corrected chi connectivity index (χ0v) is 15.2. The van der Waals surface area contributed by atoms with Gasteiger partial charge in [0.1, 0.15) is 12.1 Å². The van der Waals surface area contributed by atoms with Crippen LogP contribution < -0.4 is 10.6 Å². The molecule has 0 aromatic rings. The molecule has 0 bridgehead atoms. The Kier molecular flexibility index (Phi) is 5.29. The fourth-order valence-electron chi connectivity index (χ4n) is 4.10. The Hall–Kier alpha value is -1.67. The van der Waals surface area contributed by atoms with E-state index in [2.05, 4.69) is 15.5 Å². The largest absolute Gasteiger partial charge is 0.340 e. The highest BCUT2D eigenvalue weighted by molar-refractivity contribution is 6.09. The standard InChI is InChI=1S/C17H29N5O3/c1-3-17(4-2)15(24)22(16(25)19-17)12-14(23)21-8-5-13(11-21)20-9-6-18-7-10-20/h13,18H,3-12H2,1-2H3,(H,19,25). The van der Waals surface area contributed by atoms with Crippen LogP contribution in [0.2, 0.25) is 0 Å². The number of likely N-dealkylation sites (tertiary alicyclic amines) is 1. The minimum absolute atomic E-state index is 0.135. The molecule has 0 aromatic carbocycles. The molecular weight excluding hydrogens is 322 g/mol. The molecule has 1 atom stereocenters. The van der Waals surface area contributed by atoms with Crippen LogP contribution in [-0.4, -0.2) is 89.9 Å². The van der Waals surface area contributed by atoms with E-state index in [-0.39, 0.29) is 18.4 Å². The number of hydrogen-bond acceptors (Lipinski definition) is 5. The van der Waals surface area contributed by atoms with Gasteiger partial charge in [0.05, 0.1) is 0 Å². The van der Waals surface area contributed by atoms with Gasteiger partial charge in [-0.1, -0.05) is 13.8 Å². The Labute approximate surface area is 148 Å². The summed E-state index contributed by atoms with van der Waals surface area (Å²) >= 11 is 0. The van der Waals surface area contributed by atoms with Crippen LogP contribution in [0.15, 0.2) is 0 Å². The summed E-state index contributed by atoms with van der Waals surface area (Å²) in [5, 5.41) is 6.11. The highest BCUT2D eigenvalue weighted by Crippen LogP contribution is 2.25. The molecule has 8 nitrogen and oxygen atoms in total. The summed E-state index contributed by atoms with van der Waals surface area (Å²) in [5.74, 6) is -0.405. The molecule has 3 rings (SSSR count). The van der Waals surface area contributed by atoms with Crippen LogP contribution in [0, 0.1) is 0 Å². The molecule has 4 amide bonds. The van der Waals surface area contributed by atoms with Crippen LogP contribution in [0.5, 0.6) is 0 Å². The molecule has 2 N–H and O–H groups in total. The maximum Gasteiger partial charge on any atom is 0.325 e. The van der Waals surface area contributed by atoms with Crippen molar-refractivity contribution in [1.82, 2.24) is 25.3 Å². The lowest BCUT2D eigenvalue weighted by atomic mass is 9.93. The SMILES string of the molecule is CCC1(CC)NC(=O)N(CC(=O)N2CCC(N3CCNCC3)C2)C1=O. The van der Waals surface area contributed by atoms with Crippen LogP contribution in [-0.2, 0) is 9.59 Å². The molecular formula is C17H29N5O3. The number of amides is 4. The van der Waals surface area contributed by atoms with Gasteiger partial charge in [0.2, 0.25) is 5.91 Å². The number of nitrogens with one attached hydrogen (secondary N) is 2. The van der Waals surface area contributed by atoms with Crippen molar-refractivity contribution in [3.63, 3.8) is 0 Å². The summed E-state index contributed by atoms with van der Waals surface area (Å²) in [7, 11) is 0. The van der Waals surface area contributed by atoms with Gasteiger partial charge in [-0.05, 0) is 19.3 Å². The van der Waals surface area contributed by atoms with Gasteiger partial charge in [0.25, 0.3) is 5.91 Å². The van der Waals surface area contributed by atoms with Crippen molar-refractivity contribution in [3.8, 4) is 0 Å². The minimum Gasteiger partial charge on any atom is -0.340 e. The van der Waals surface area contributed by atoms with Gasteiger partial charge in [0.15, 0.2) is 0 Å². The van der Waals surface area contributed by atoms with Gasteiger partial charge >= 0.3 is 6.03 Å². The van der Waals surface area contributed by atoms with Crippen LogP contribution in [0.1, 0.15) is 33.1 Å². The Bertz CT molecular complexity index is 542. The monoisotopic (exact) mass is 351 g/mol. The summed E-state index contributed by atoms with van der Waals surface area (Å²) in [5.41, 5.74) is -0.842. The van der Waals surface area contributed by atoms with E-state index in [9.17, 15) is 14.4 Å². The molecule has 0 spiro atoms. The van der Waals surface area contributed by atoms with E-state index < -0.39 is 11.6 Å². The molecule has 25 heavy (non-hydrogen) atoms. The van der Waals surface area contributed by atoms with Crippen molar-refractivity contribution in [3.05, 3.63) is 0 Å². The lowest BCUT2D eigenvalue weighted by molar-refractivity contribution is -0.138. The first-order valence-corrected chi connectivity index (χ1v) is 9.37. The van der Waals surface area contributed by atoms with E-state index in [0.717, 1.165) is 37.5 Å². The summed E-state index contributed by atoms with van der Waals surface area (Å²) in [4.78, 5) is 42.8. The molecule has 3 heterocycles. The van der Waals surface area contributed by atoms with Crippen LogP contribution in [0.3, 0.4) is 0 Å². The van der Waals surface area contributed by atoms with E-state index in [1.54, 1.807) is 4.90 Å². The molecule has 3 aliphatic heterocycles. The number of rotatable bonds is 5. The predicted molar refractivity (Wildman–Crippen MR) is 93.0 cm³/mol. The quantitative estimate of drug-likeness (QED) is 0.659. The van der Waals surface area contributed by atoms with E-state index in [1.165, 1.54) is 0 Å². The lowest BCUT2D eigenvalue weighted by Crippen LogP contribution is -2.50. The average molecular weight is 351 g/mol. The molecule has 8 heteroatoms. The van der Waals surface area contributed by atoms with E-state index >= 15 is 0 Å². The number of urea groups is 1. The highest BCUT2D eigenvalue weighted by atomic mass is 16.2. The number of hydrogen-bond donors (Lipinski definition) is 2. The fourth-order valence-corrected chi connectivity index (χ4v) is 4.10. The third kappa shape index (κ3) is 3.37. The summed E-state index contributed by atoms with van der Waals surface area (Å²) in [6.07, 6.45) is 2.03. The number of carbonyl (C=O) groups excluding carboxylic acids is 3. The lowest BCUT2D eigenvalue weighted by Gasteiger charge is -2.32. The van der Waals surface area contributed by atoms with Gasteiger partial charge < -0.3 is 15.5 Å². The number of carbonyl (C=O) groups is 3. The second-order valence-electron chi connectivity index (χ2n) is 7.18. The third-order valence-corrected chi connectivity index (χ3v) is 5.93. The van der Waals surface area contributed by atoms with Crippen LogP contribution in [0.25, 0.3) is 0 Å². The average Bonchev–Trinajstić information content (AvgIpc) is 3.22. The second-order valence-corrected chi connectivity index (χ2v) is 7.18. The molecule has 1 unspecified atom stereocenters. The van der Waals surface area contributed by atoms with Crippen molar-refractivity contribution in [2.24, 2.45) is 0 Å². The molecule has 0 radical (unpaired) electrons. The second kappa shape index (κ2) is 7.29. The normalized spacial score (nSPS) is 27.0. The van der Waals surface area contributed by atoms with Gasteiger partial charge in [-0.3, -0.25) is 19.4 Å². The van der Waals surface area contributed by atoms with E-state index in [1.807, 2.05) is 13.8 Å². The first kappa shape index (κ1) is 18.1. The first-order valence-electron chi connectivity index (χ1n) is 9.37. The predicted octanol–water partition coefficient (Wildman–Crippen LogP) is -0.397. The van der Waals surface area contributed by atoms with Gasteiger partial charge in [0, 0.05) is 45.3 Å². The molecule has 3 aliphatic rings. The summed E-state index contributed by atoms with van der Waals surface area (Å²) in [6, 6.07) is -0.0561. The van der Waals surface area contributed by atoms with Crippen molar-refractivity contribution in [2.75, 3.05) is 45.8 Å². The van der Waals surface area contributed by atoms with Crippen molar-refractivity contribution < 1.29 is 14.4 Å². The first-order chi connectivity index (χ1) is 12.0.